The van der Waals surface area contributed by atoms with Crippen LogP contribution in [0.15, 0.2) is 41.5 Å². The second-order valence-corrected chi connectivity index (χ2v) is 17.1. The summed E-state index contributed by atoms with van der Waals surface area (Å²) in [4.78, 5) is 45.4. The zero-order valence-corrected chi connectivity index (χ0v) is 32.1. The molecule has 3 saturated carbocycles. The van der Waals surface area contributed by atoms with Crippen molar-refractivity contribution in [3.63, 3.8) is 0 Å². The molecule has 0 amide bonds. The third-order valence-electron chi connectivity index (χ3n) is 12.7. The molecule has 4 aliphatic heterocycles. The van der Waals surface area contributed by atoms with Crippen molar-refractivity contribution in [2.45, 2.75) is 128 Å². The van der Waals surface area contributed by atoms with Crippen LogP contribution in [-0.2, 0) is 25.5 Å². The van der Waals surface area contributed by atoms with Gasteiger partial charge < -0.3 is 24.1 Å². The Bertz CT molecular complexity index is 1800. The predicted octanol–water partition coefficient (Wildman–Crippen LogP) is 7.48. The normalized spacial score (nSPS) is 33.8. The molecular weight excluding hydrogens is 658 g/mol. The molecule has 4 heterocycles. The second-order valence-electron chi connectivity index (χ2n) is 17.1. The molecule has 8 rings (SSSR count). The molecule has 9 nitrogen and oxygen atoms in total. The lowest BCUT2D eigenvalue weighted by atomic mass is 9.44. The van der Waals surface area contributed by atoms with Gasteiger partial charge in [0.05, 0.1) is 24.2 Å². The fourth-order valence-electron chi connectivity index (χ4n) is 10.5. The molecule has 1 aromatic carbocycles. The number of benzene rings is 1. The summed E-state index contributed by atoms with van der Waals surface area (Å²) in [5, 5.41) is 12.2. The lowest BCUT2D eigenvalue weighted by molar-refractivity contribution is -0.214. The molecule has 1 spiro atoms. The van der Waals surface area contributed by atoms with Crippen LogP contribution in [-0.4, -0.2) is 76.2 Å². The number of aromatic hydroxyl groups is 1. The molecule has 2 saturated heterocycles. The van der Waals surface area contributed by atoms with Crippen LogP contribution < -0.4 is 9.47 Å². The van der Waals surface area contributed by atoms with E-state index in [4.69, 9.17) is 18.9 Å². The van der Waals surface area contributed by atoms with Crippen molar-refractivity contribution in [2.24, 2.45) is 17.8 Å². The quantitative estimate of drug-likeness (QED) is 0.158. The van der Waals surface area contributed by atoms with E-state index < -0.39 is 46.3 Å². The number of hydrogen-bond donors (Lipinski definition) is 1. The first-order valence-electron chi connectivity index (χ1n) is 19.1. The van der Waals surface area contributed by atoms with E-state index in [0.29, 0.717) is 36.1 Å². The van der Waals surface area contributed by atoms with Crippen LogP contribution in [0.2, 0.25) is 0 Å². The molecular formula is C43H55NO8. The summed E-state index contributed by atoms with van der Waals surface area (Å²) in [6.45, 7) is 15.8. The van der Waals surface area contributed by atoms with Gasteiger partial charge >= 0.3 is 5.97 Å². The minimum atomic E-state index is -1.54. The average Bonchev–Trinajstić information content (AvgIpc) is 3.23. The van der Waals surface area contributed by atoms with E-state index in [0.717, 1.165) is 44.3 Å². The second kappa shape index (κ2) is 13.0. The third kappa shape index (κ3) is 5.43. The number of rotatable bonds is 9. The summed E-state index contributed by atoms with van der Waals surface area (Å²) in [5.74, 6) is -1.78. The number of piperidine rings is 1. The van der Waals surface area contributed by atoms with Crippen molar-refractivity contribution in [2.75, 3.05) is 20.2 Å². The van der Waals surface area contributed by atoms with Gasteiger partial charge in [-0.2, -0.15) is 0 Å². The van der Waals surface area contributed by atoms with E-state index in [9.17, 15) is 9.90 Å². The van der Waals surface area contributed by atoms with Gasteiger partial charge in [-0.3, -0.25) is 14.5 Å². The Morgan fingerprint density at radius 1 is 1.02 bits per heavy atom. The highest BCUT2D eigenvalue weighted by atomic mass is 16.6. The summed E-state index contributed by atoms with van der Waals surface area (Å²) >= 11 is 0. The largest absolute Gasteiger partial charge is 0.506 e. The van der Waals surface area contributed by atoms with Crippen molar-refractivity contribution in [1.82, 2.24) is 4.90 Å². The Balaban J connectivity index is 1.47. The molecule has 5 fully saturated rings. The number of esters is 1. The highest BCUT2D eigenvalue weighted by Crippen LogP contribution is 2.71. The number of phenolic OH excluding ortho intramolecular Hbond substituents is 1. The number of fused-ring (bicyclic) bond motifs is 2. The molecule has 52 heavy (non-hydrogen) atoms. The number of carbonyl (C=O) groups is 3. The van der Waals surface area contributed by atoms with E-state index >= 15 is 9.59 Å². The van der Waals surface area contributed by atoms with Crippen LogP contribution in [0.5, 0.6) is 17.2 Å². The van der Waals surface area contributed by atoms with Crippen LogP contribution in [0.4, 0.5) is 0 Å². The van der Waals surface area contributed by atoms with Gasteiger partial charge in [-0.05, 0) is 112 Å². The van der Waals surface area contributed by atoms with E-state index in [1.165, 1.54) is 18.8 Å². The van der Waals surface area contributed by atoms with Crippen molar-refractivity contribution in [3.05, 3.63) is 58.2 Å². The number of carbonyl (C=O) groups excluding carboxylic acids is 3. The zero-order valence-electron chi connectivity index (χ0n) is 32.1. The lowest BCUT2D eigenvalue weighted by Crippen LogP contribution is -2.82. The number of ether oxygens (including phenoxy) is 4. The number of nitrogens with zero attached hydrogens (tertiary/aromatic N) is 1. The van der Waals surface area contributed by atoms with Crippen molar-refractivity contribution >= 4 is 23.6 Å². The lowest BCUT2D eigenvalue weighted by Gasteiger charge is -2.64. The number of methoxy groups -OCH3 is 1. The van der Waals surface area contributed by atoms with Crippen LogP contribution in [0.1, 0.15) is 115 Å². The first kappa shape index (κ1) is 36.7. The maximum atomic E-state index is 15.6. The van der Waals surface area contributed by atoms with Crippen LogP contribution in [0.3, 0.4) is 0 Å². The molecule has 0 radical (unpaired) electrons. The molecule has 3 unspecified atom stereocenters. The summed E-state index contributed by atoms with van der Waals surface area (Å²) in [6.07, 6.45) is 16.7. The van der Waals surface area contributed by atoms with E-state index in [2.05, 4.69) is 30.9 Å². The summed E-state index contributed by atoms with van der Waals surface area (Å²) in [6, 6.07) is -0.401. The molecule has 1 N–H and O–H groups in total. The van der Waals surface area contributed by atoms with Gasteiger partial charge in [0.25, 0.3) is 0 Å². The maximum absolute atomic E-state index is 15.6. The molecule has 9 heteroatoms. The van der Waals surface area contributed by atoms with Crippen molar-refractivity contribution in [1.29, 1.82) is 0 Å². The van der Waals surface area contributed by atoms with E-state index in [-0.39, 0.29) is 41.0 Å². The summed E-state index contributed by atoms with van der Waals surface area (Å²) < 4.78 is 26.3. The predicted molar refractivity (Wildman–Crippen MR) is 199 cm³/mol. The van der Waals surface area contributed by atoms with E-state index in [1.54, 1.807) is 6.08 Å². The molecule has 7 aliphatic rings. The maximum Gasteiger partial charge on any atom is 0.330 e. The average molecular weight is 714 g/mol. The summed E-state index contributed by atoms with van der Waals surface area (Å²) in [7, 11) is 1.31. The minimum absolute atomic E-state index is 0.0467. The van der Waals surface area contributed by atoms with Crippen LogP contribution in [0, 0.1) is 17.8 Å². The van der Waals surface area contributed by atoms with Gasteiger partial charge in [0, 0.05) is 35.9 Å². The molecule has 4 bridgehead atoms. The highest BCUT2D eigenvalue weighted by molar-refractivity contribution is 6.10. The van der Waals surface area contributed by atoms with Crippen LogP contribution in [0.25, 0.3) is 6.08 Å². The van der Waals surface area contributed by atoms with Gasteiger partial charge in [-0.1, -0.05) is 35.8 Å². The third-order valence-corrected chi connectivity index (χ3v) is 12.7. The van der Waals surface area contributed by atoms with Gasteiger partial charge in [-0.25, -0.2) is 4.79 Å². The molecule has 1 aromatic rings. The number of phenols is 1. The molecule has 0 aromatic heterocycles. The van der Waals surface area contributed by atoms with E-state index in [1.807, 2.05) is 46.8 Å². The Labute approximate surface area is 308 Å². The summed E-state index contributed by atoms with van der Waals surface area (Å²) in [5.41, 5.74) is -0.807. The van der Waals surface area contributed by atoms with Crippen molar-refractivity contribution < 1.29 is 38.4 Å². The number of likely N-dealkylation sites (tertiary alicyclic amines) is 1. The Morgan fingerprint density at radius 3 is 2.40 bits per heavy atom. The Kier molecular flexibility index (Phi) is 9.17. The number of Topliss-reactive ketones (excluding diaryl/α,β-unsaturated/α-hetero) is 2. The van der Waals surface area contributed by atoms with Crippen LogP contribution >= 0.6 is 0 Å². The molecule has 280 valence electrons. The molecule has 3 aliphatic carbocycles. The van der Waals surface area contributed by atoms with Gasteiger partial charge in [0.15, 0.2) is 22.8 Å². The van der Waals surface area contributed by atoms with Gasteiger partial charge in [0.2, 0.25) is 0 Å². The topological polar surface area (TPSA) is 112 Å². The molecule has 7 atom stereocenters. The highest BCUT2D eigenvalue weighted by Gasteiger charge is 2.85. The number of allylic oxidation sites excluding steroid dienone is 4. The smallest absolute Gasteiger partial charge is 0.330 e. The fourth-order valence-corrected chi connectivity index (χ4v) is 10.5. The SMILES string of the molecule is COC(=O)/C=C/C[C@]12OC(C)(C)C3C[C@H](C1=O)C(N1CCCCC1)C1C(=O)c4c(O)c5c(c(CC=C(C)C)c4O[C@]132)O[C@](C)(CCC=C(C)C)C=C5. The number of hydrogen-bond acceptors (Lipinski definition) is 9. The van der Waals surface area contributed by atoms with Crippen molar-refractivity contribution in [3.8, 4) is 17.2 Å². The van der Waals surface area contributed by atoms with Gasteiger partial charge in [0.1, 0.15) is 28.4 Å². The standard InChI is InChI=1S/C43H55NO8/c1-25(2)14-12-19-41(7)21-18-27-35(46)32-36(47)33-34(44-22-10-9-11-23-44)29-24-30-40(5,6)52-42(39(29)48,20-13-15-31(45)49-8)43(30,33)51-38(32)28(37(27)50-41)17-16-26(3)4/h13-16,18,21,29-30,33-34,46H,9-12,17,19-20,22-24H2,1-8H3/b15-13+/t29-,30?,33?,34?,41+,42-,43-/m0/s1. The van der Waals surface area contributed by atoms with Gasteiger partial charge in [-0.15, -0.1) is 0 Å². The minimum Gasteiger partial charge on any atom is -0.506 e. The zero-order chi connectivity index (χ0) is 37.4. The number of ketones is 2. The first-order valence-corrected chi connectivity index (χ1v) is 19.1. The first-order chi connectivity index (χ1) is 24.6. The monoisotopic (exact) mass is 713 g/mol. The Hall–Kier alpha value is -3.69. The Morgan fingerprint density at radius 2 is 1.73 bits per heavy atom. The fraction of sp³-hybridized carbons (Fsp3) is 0.605.